The summed E-state index contributed by atoms with van der Waals surface area (Å²) in [4.78, 5) is 8.63. The number of hydrogen-bond acceptors (Lipinski definition) is 5. The van der Waals surface area contributed by atoms with Crippen molar-refractivity contribution < 1.29 is 9.84 Å². The zero-order chi connectivity index (χ0) is 12.4. The topological polar surface area (TPSA) is 48.8 Å². The van der Waals surface area contributed by atoms with Crippen molar-refractivity contribution in [2.45, 2.75) is 19.1 Å². The number of pyridine rings is 1. The third-order valence-electron chi connectivity index (χ3n) is 3.31. The Labute approximate surface area is 106 Å². The Hall–Kier alpha value is -1.59. The molecule has 1 fully saturated rings. The molecule has 5 heteroatoms. The van der Waals surface area contributed by atoms with Gasteiger partial charge in [0.15, 0.2) is 6.73 Å². The summed E-state index contributed by atoms with van der Waals surface area (Å²) in [6, 6.07) is 4.08. The Morgan fingerprint density at radius 3 is 3.00 bits per heavy atom. The minimum Gasteiger partial charge on any atom is -0.479 e. The Kier molecular flexibility index (Phi) is 3.17. The van der Waals surface area contributed by atoms with Gasteiger partial charge in [-0.15, -0.1) is 0 Å². The van der Waals surface area contributed by atoms with Crippen LogP contribution in [0.25, 0.3) is 0 Å². The standard InChI is InChI=1S/C13H17N3O2/c17-12-3-4-15(9-12)8-11-1-2-13(14-7-11)16-5-6-18-10-16/h1-2,5-7,12,17H,3-4,8-10H2/t12-/m1/s1. The van der Waals surface area contributed by atoms with Gasteiger partial charge < -0.3 is 9.84 Å². The van der Waals surface area contributed by atoms with Gasteiger partial charge in [-0.1, -0.05) is 6.07 Å². The van der Waals surface area contributed by atoms with E-state index in [2.05, 4.69) is 16.0 Å². The summed E-state index contributed by atoms with van der Waals surface area (Å²) in [6.45, 7) is 3.12. The van der Waals surface area contributed by atoms with Crippen LogP contribution >= 0.6 is 0 Å². The Morgan fingerprint density at radius 1 is 1.44 bits per heavy atom. The molecule has 0 aliphatic carbocycles. The maximum absolute atomic E-state index is 9.48. The fourth-order valence-corrected chi connectivity index (χ4v) is 2.32. The van der Waals surface area contributed by atoms with Gasteiger partial charge in [0.2, 0.25) is 0 Å². The zero-order valence-electron chi connectivity index (χ0n) is 10.2. The van der Waals surface area contributed by atoms with E-state index in [-0.39, 0.29) is 6.10 Å². The van der Waals surface area contributed by atoms with Gasteiger partial charge in [-0.3, -0.25) is 9.80 Å². The average Bonchev–Trinajstić information content (AvgIpc) is 3.02. The molecule has 96 valence electrons. The van der Waals surface area contributed by atoms with Crippen LogP contribution in [0, 0.1) is 0 Å². The second-order valence-corrected chi connectivity index (χ2v) is 4.75. The van der Waals surface area contributed by atoms with Crippen molar-refractivity contribution in [2.24, 2.45) is 0 Å². The van der Waals surface area contributed by atoms with Crippen LogP contribution in [-0.4, -0.2) is 40.9 Å². The number of anilines is 1. The molecule has 0 unspecified atom stereocenters. The van der Waals surface area contributed by atoms with E-state index in [0.29, 0.717) is 6.73 Å². The number of rotatable bonds is 3. The molecule has 1 aromatic heterocycles. The van der Waals surface area contributed by atoms with Gasteiger partial charge in [-0.05, 0) is 18.1 Å². The zero-order valence-corrected chi connectivity index (χ0v) is 10.2. The van der Waals surface area contributed by atoms with Crippen molar-refractivity contribution in [3.8, 4) is 0 Å². The van der Waals surface area contributed by atoms with Gasteiger partial charge >= 0.3 is 0 Å². The molecule has 1 aromatic rings. The maximum atomic E-state index is 9.48. The van der Waals surface area contributed by atoms with Gasteiger partial charge in [0.25, 0.3) is 0 Å². The highest BCUT2D eigenvalue weighted by Gasteiger charge is 2.20. The number of likely N-dealkylation sites (tertiary alicyclic amines) is 1. The number of aliphatic hydroxyl groups excluding tert-OH is 1. The quantitative estimate of drug-likeness (QED) is 0.860. The molecule has 1 atom stereocenters. The fourth-order valence-electron chi connectivity index (χ4n) is 2.32. The van der Waals surface area contributed by atoms with E-state index in [1.165, 1.54) is 5.56 Å². The van der Waals surface area contributed by atoms with Crippen molar-refractivity contribution in [1.29, 1.82) is 0 Å². The van der Waals surface area contributed by atoms with Crippen molar-refractivity contribution in [3.05, 3.63) is 36.4 Å². The molecule has 1 N–H and O–H groups in total. The molecule has 1 saturated heterocycles. The normalized spacial score (nSPS) is 23.6. The molecule has 3 rings (SSSR count). The molecular formula is C13H17N3O2. The summed E-state index contributed by atoms with van der Waals surface area (Å²) in [7, 11) is 0. The SMILES string of the molecule is O[C@@H]1CCN(Cc2ccc(N3C=COC3)nc2)C1. The first kappa shape index (κ1) is 11.5. The first-order chi connectivity index (χ1) is 8.81. The van der Waals surface area contributed by atoms with E-state index in [9.17, 15) is 5.11 Å². The molecule has 3 heterocycles. The van der Waals surface area contributed by atoms with Crippen LogP contribution in [0.5, 0.6) is 0 Å². The number of nitrogens with zero attached hydrogens (tertiary/aromatic N) is 3. The molecule has 2 aliphatic rings. The van der Waals surface area contributed by atoms with E-state index >= 15 is 0 Å². The summed E-state index contributed by atoms with van der Waals surface area (Å²) in [5.41, 5.74) is 1.18. The lowest BCUT2D eigenvalue weighted by molar-refractivity contribution is 0.175. The third-order valence-corrected chi connectivity index (χ3v) is 3.31. The van der Waals surface area contributed by atoms with Gasteiger partial charge in [0, 0.05) is 32.0 Å². The van der Waals surface area contributed by atoms with Gasteiger partial charge in [0.1, 0.15) is 12.1 Å². The van der Waals surface area contributed by atoms with Gasteiger partial charge in [0.05, 0.1) is 6.10 Å². The predicted molar refractivity (Wildman–Crippen MR) is 67.7 cm³/mol. The summed E-state index contributed by atoms with van der Waals surface area (Å²) in [6.07, 6.45) is 6.15. The number of ether oxygens (including phenoxy) is 1. The molecule has 18 heavy (non-hydrogen) atoms. The Bertz CT molecular complexity index is 432. The Morgan fingerprint density at radius 2 is 2.39 bits per heavy atom. The first-order valence-corrected chi connectivity index (χ1v) is 6.21. The van der Waals surface area contributed by atoms with E-state index in [0.717, 1.165) is 31.9 Å². The second-order valence-electron chi connectivity index (χ2n) is 4.75. The largest absolute Gasteiger partial charge is 0.479 e. The second kappa shape index (κ2) is 4.96. The van der Waals surface area contributed by atoms with Crippen LogP contribution in [0.3, 0.4) is 0 Å². The van der Waals surface area contributed by atoms with Crippen LogP contribution in [-0.2, 0) is 11.3 Å². The van der Waals surface area contributed by atoms with Crippen molar-refractivity contribution in [2.75, 3.05) is 24.7 Å². The number of aliphatic hydroxyl groups is 1. The Balaban J connectivity index is 1.62. The lowest BCUT2D eigenvalue weighted by Gasteiger charge is -2.16. The minimum atomic E-state index is -0.163. The molecule has 2 aliphatic heterocycles. The molecule has 5 nitrogen and oxygen atoms in total. The monoisotopic (exact) mass is 247 g/mol. The molecular weight excluding hydrogens is 230 g/mol. The third kappa shape index (κ3) is 2.47. The van der Waals surface area contributed by atoms with Crippen LogP contribution < -0.4 is 4.90 Å². The highest BCUT2D eigenvalue weighted by Crippen LogP contribution is 2.17. The molecule has 0 spiro atoms. The van der Waals surface area contributed by atoms with E-state index in [1.807, 2.05) is 23.4 Å². The van der Waals surface area contributed by atoms with Crippen molar-refractivity contribution >= 4 is 5.82 Å². The summed E-state index contributed by atoms with van der Waals surface area (Å²) >= 11 is 0. The lowest BCUT2D eigenvalue weighted by atomic mass is 10.2. The highest BCUT2D eigenvalue weighted by molar-refractivity contribution is 5.42. The molecule has 0 radical (unpaired) electrons. The molecule has 0 bridgehead atoms. The predicted octanol–water partition coefficient (Wildman–Crippen LogP) is 0.914. The number of hydrogen-bond donors (Lipinski definition) is 1. The van der Waals surface area contributed by atoms with Gasteiger partial charge in [-0.2, -0.15) is 0 Å². The van der Waals surface area contributed by atoms with E-state index in [4.69, 9.17) is 4.74 Å². The fraction of sp³-hybridized carbons (Fsp3) is 0.462. The van der Waals surface area contributed by atoms with E-state index in [1.54, 1.807) is 6.26 Å². The summed E-state index contributed by atoms with van der Waals surface area (Å²) < 4.78 is 5.13. The minimum absolute atomic E-state index is 0.163. The smallest absolute Gasteiger partial charge is 0.165 e. The maximum Gasteiger partial charge on any atom is 0.165 e. The lowest BCUT2D eigenvalue weighted by Crippen LogP contribution is -2.21. The number of aromatic nitrogens is 1. The van der Waals surface area contributed by atoms with Gasteiger partial charge in [-0.25, -0.2) is 4.98 Å². The average molecular weight is 247 g/mol. The number of β-amino-alcohol motifs (C(OH)–C–C–N with tert-alkyl or cyclic N) is 1. The van der Waals surface area contributed by atoms with Crippen molar-refractivity contribution in [1.82, 2.24) is 9.88 Å². The van der Waals surface area contributed by atoms with Crippen LogP contribution in [0.1, 0.15) is 12.0 Å². The highest BCUT2D eigenvalue weighted by atomic mass is 16.5. The summed E-state index contributed by atoms with van der Waals surface area (Å²) in [5, 5.41) is 9.48. The van der Waals surface area contributed by atoms with Crippen LogP contribution in [0.15, 0.2) is 30.8 Å². The van der Waals surface area contributed by atoms with Crippen molar-refractivity contribution in [3.63, 3.8) is 0 Å². The summed E-state index contributed by atoms with van der Waals surface area (Å²) in [5.74, 6) is 0.897. The van der Waals surface area contributed by atoms with Crippen LogP contribution in [0.4, 0.5) is 5.82 Å². The molecule has 0 aromatic carbocycles. The molecule has 0 amide bonds. The first-order valence-electron chi connectivity index (χ1n) is 6.21. The van der Waals surface area contributed by atoms with E-state index < -0.39 is 0 Å². The molecule has 0 saturated carbocycles. The van der Waals surface area contributed by atoms with Crippen LogP contribution in [0.2, 0.25) is 0 Å².